The van der Waals surface area contributed by atoms with Crippen LogP contribution in [-0.4, -0.2) is 44.3 Å². The summed E-state index contributed by atoms with van der Waals surface area (Å²) in [5.74, 6) is -2.49. The molecule has 0 heterocycles. The average molecular weight is 606 g/mol. The van der Waals surface area contributed by atoms with Crippen LogP contribution in [0.2, 0.25) is 0 Å². The molecule has 224 valence electrons. The number of hydrogen-bond donors (Lipinski definition) is 1. The smallest absolute Gasteiger partial charge is 0.264 e. The van der Waals surface area contributed by atoms with Crippen molar-refractivity contribution in [1.29, 1.82) is 0 Å². The van der Waals surface area contributed by atoms with E-state index in [0.29, 0.717) is 12.1 Å². The first-order chi connectivity index (χ1) is 20.6. The summed E-state index contributed by atoms with van der Waals surface area (Å²) < 4.78 is 57.4. The molecule has 0 spiro atoms. The molecule has 0 radical (unpaired) electrons. The molecule has 4 aromatic carbocycles. The fourth-order valence-electron chi connectivity index (χ4n) is 4.64. The molecule has 43 heavy (non-hydrogen) atoms. The number of aryl methyl sites for hydroxylation is 1. The van der Waals surface area contributed by atoms with Crippen molar-refractivity contribution in [1.82, 2.24) is 10.2 Å². The number of nitrogens with one attached hydrogen (secondary N) is 1. The molecule has 0 saturated carbocycles. The third-order valence-electron chi connectivity index (χ3n) is 6.90. The Hall–Kier alpha value is -4.57. The normalized spacial score (nSPS) is 11.9. The van der Waals surface area contributed by atoms with Gasteiger partial charge in [0.25, 0.3) is 10.0 Å². The number of sulfonamides is 1. The predicted octanol–water partition coefficient (Wildman–Crippen LogP) is 5.24. The number of benzene rings is 4. The van der Waals surface area contributed by atoms with Gasteiger partial charge >= 0.3 is 0 Å². The topological polar surface area (TPSA) is 86.8 Å². The van der Waals surface area contributed by atoms with E-state index in [2.05, 4.69) is 5.32 Å². The summed E-state index contributed by atoms with van der Waals surface area (Å²) in [5, 5.41) is 2.77. The van der Waals surface area contributed by atoms with Crippen LogP contribution in [0, 0.1) is 18.6 Å². The van der Waals surface area contributed by atoms with Crippen molar-refractivity contribution in [3.05, 3.63) is 131 Å². The van der Waals surface area contributed by atoms with E-state index in [1.165, 1.54) is 59.5 Å². The highest BCUT2D eigenvalue weighted by Gasteiger charge is 2.35. The predicted molar refractivity (Wildman–Crippen MR) is 162 cm³/mol. The zero-order valence-corrected chi connectivity index (χ0v) is 24.7. The highest BCUT2D eigenvalue weighted by atomic mass is 32.2. The van der Waals surface area contributed by atoms with Crippen molar-refractivity contribution < 1.29 is 26.8 Å². The molecule has 10 heteroatoms. The Balaban J connectivity index is 1.80. The molecule has 0 fully saturated rings. The second-order valence-electron chi connectivity index (χ2n) is 10.0. The molecule has 7 nitrogen and oxygen atoms in total. The molecular formula is C33H33F2N3O4S. The van der Waals surface area contributed by atoms with Crippen molar-refractivity contribution in [2.24, 2.45) is 0 Å². The van der Waals surface area contributed by atoms with Crippen LogP contribution in [0.25, 0.3) is 0 Å². The number of anilines is 1. The van der Waals surface area contributed by atoms with Crippen molar-refractivity contribution >= 4 is 27.5 Å². The maximum Gasteiger partial charge on any atom is 0.264 e. The van der Waals surface area contributed by atoms with Crippen LogP contribution in [0.15, 0.2) is 108 Å². The Bertz CT molecular complexity index is 1650. The summed E-state index contributed by atoms with van der Waals surface area (Å²) in [4.78, 5) is 28.8. The van der Waals surface area contributed by atoms with Crippen LogP contribution in [0.3, 0.4) is 0 Å². The van der Waals surface area contributed by atoms with E-state index in [-0.39, 0.29) is 23.5 Å². The van der Waals surface area contributed by atoms with Gasteiger partial charge < -0.3 is 10.2 Å². The van der Waals surface area contributed by atoms with E-state index < -0.39 is 46.1 Å². The fourth-order valence-corrected chi connectivity index (χ4v) is 6.06. The van der Waals surface area contributed by atoms with Crippen molar-refractivity contribution in [2.75, 3.05) is 17.4 Å². The Kier molecular flexibility index (Phi) is 10.3. The minimum atomic E-state index is -4.42. The van der Waals surface area contributed by atoms with Crippen molar-refractivity contribution in [3.63, 3.8) is 0 Å². The van der Waals surface area contributed by atoms with Gasteiger partial charge in [0, 0.05) is 19.5 Å². The number of nitrogens with zero attached hydrogens (tertiary/aromatic N) is 2. The third kappa shape index (κ3) is 7.84. The summed E-state index contributed by atoms with van der Waals surface area (Å²) in [6.45, 7) is 2.94. The second-order valence-corrected chi connectivity index (χ2v) is 11.9. The van der Waals surface area contributed by atoms with Crippen LogP contribution in [0.1, 0.15) is 23.6 Å². The molecule has 0 aliphatic heterocycles. The lowest BCUT2D eigenvalue weighted by atomic mass is 10.0. The Morgan fingerprint density at radius 1 is 0.814 bits per heavy atom. The van der Waals surface area contributed by atoms with Crippen LogP contribution < -0.4 is 9.62 Å². The molecule has 1 unspecified atom stereocenters. The van der Waals surface area contributed by atoms with E-state index >= 15 is 4.39 Å². The number of likely N-dealkylation sites (N-methyl/N-ethyl adjacent to an activating group) is 1. The third-order valence-corrected chi connectivity index (χ3v) is 8.67. The zero-order chi connectivity index (χ0) is 31.0. The lowest BCUT2D eigenvalue weighted by Gasteiger charge is -2.34. The SMILES string of the molecule is CCNC(=O)C(Cc1ccccc1)N(Cc1ccc(F)cc1)C(=O)CN(c1ccccc1F)S(=O)(=O)c1ccc(C)cc1. The number of halogens is 2. The van der Waals surface area contributed by atoms with E-state index in [0.717, 1.165) is 21.5 Å². The number of hydrogen-bond acceptors (Lipinski definition) is 4. The van der Waals surface area contributed by atoms with Crippen LogP contribution in [0.5, 0.6) is 0 Å². The van der Waals surface area contributed by atoms with E-state index in [9.17, 15) is 22.4 Å². The first-order valence-corrected chi connectivity index (χ1v) is 15.2. The highest BCUT2D eigenvalue weighted by molar-refractivity contribution is 7.92. The van der Waals surface area contributed by atoms with Crippen molar-refractivity contribution in [2.45, 2.75) is 37.8 Å². The van der Waals surface area contributed by atoms with Gasteiger partial charge in [0.15, 0.2) is 0 Å². The van der Waals surface area contributed by atoms with Gasteiger partial charge in [-0.3, -0.25) is 13.9 Å². The molecule has 0 aromatic heterocycles. The standard InChI is InChI=1S/C33H33F2N3O4S/c1-3-36-33(40)31(21-25-9-5-4-6-10-25)37(22-26-15-17-27(34)18-16-26)32(39)23-38(30-12-8-7-11-29(30)35)43(41,42)28-19-13-24(2)14-20-28/h4-20,31H,3,21-23H2,1-2H3,(H,36,40). The minimum absolute atomic E-state index is 0.121. The number of amides is 2. The number of rotatable bonds is 12. The molecule has 0 bridgehead atoms. The first kappa shape index (κ1) is 31.4. The van der Waals surface area contributed by atoms with Gasteiger partial charge in [-0.25, -0.2) is 17.2 Å². The molecule has 2 amide bonds. The summed E-state index contributed by atoms with van der Waals surface area (Å²) in [6.07, 6.45) is 0.129. The van der Waals surface area contributed by atoms with Gasteiger partial charge in [0.2, 0.25) is 11.8 Å². The van der Waals surface area contributed by atoms with Crippen LogP contribution >= 0.6 is 0 Å². The molecule has 0 aliphatic rings. The maximum atomic E-state index is 15.1. The fraction of sp³-hybridized carbons (Fsp3) is 0.212. The summed E-state index contributed by atoms with van der Waals surface area (Å²) in [6, 6.07) is 24.8. The zero-order valence-electron chi connectivity index (χ0n) is 23.9. The molecular weight excluding hydrogens is 572 g/mol. The lowest BCUT2D eigenvalue weighted by Crippen LogP contribution is -2.53. The van der Waals surface area contributed by atoms with Gasteiger partial charge in [-0.05, 0) is 61.4 Å². The molecule has 1 N–H and O–H groups in total. The van der Waals surface area contributed by atoms with Gasteiger partial charge in [-0.1, -0.05) is 72.3 Å². The Morgan fingerprint density at radius 2 is 1.44 bits per heavy atom. The van der Waals surface area contributed by atoms with Crippen molar-refractivity contribution in [3.8, 4) is 0 Å². The summed E-state index contributed by atoms with van der Waals surface area (Å²) >= 11 is 0. The monoisotopic (exact) mass is 605 g/mol. The lowest BCUT2D eigenvalue weighted by molar-refractivity contribution is -0.140. The quantitative estimate of drug-likeness (QED) is 0.239. The van der Waals surface area contributed by atoms with Gasteiger partial charge in [0.05, 0.1) is 10.6 Å². The Labute approximate surface area is 250 Å². The number of para-hydroxylation sites is 1. The maximum absolute atomic E-state index is 15.1. The number of carbonyl (C=O) groups is 2. The van der Waals surface area contributed by atoms with E-state index in [1.807, 2.05) is 30.3 Å². The van der Waals surface area contributed by atoms with Crippen LogP contribution in [0.4, 0.5) is 14.5 Å². The Morgan fingerprint density at radius 3 is 2.07 bits per heavy atom. The van der Waals surface area contributed by atoms with Gasteiger partial charge in [0.1, 0.15) is 24.2 Å². The van der Waals surface area contributed by atoms with Gasteiger partial charge in [-0.15, -0.1) is 0 Å². The molecule has 0 saturated heterocycles. The van der Waals surface area contributed by atoms with Crippen LogP contribution in [-0.2, 0) is 32.6 Å². The van der Waals surface area contributed by atoms with E-state index in [4.69, 9.17) is 0 Å². The van der Waals surface area contributed by atoms with Gasteiger partial charge in [-0.2, -0.15) is 0 Å². The number of carbonyl (C=O) groups excluding carboxylic acids is 2. The molecule has 0 aliphatic carbocycles. The molecule has 1 atom stereocenters. The first-order valence-electron chi connectivity index (χ1n) is 13.8. The molecule has 4 aromatic rings. The summed E-state index contributed by atoms with van der Waals surface area (Å²) in [7, 11) is -4.42. The average Bonchev–Trinajstić information content (AvgIpc) is 3.00. The largest absolute Gasteiger partial charge is 0.355 e. The summed E-state index contributed by atoms with van der Waals surface area (Å²) in [5.41, 5.74) is 1.81. The molecule has 4 rings (SSSR count). The second kappa shape index (κ2) is 14.1. The minimum Gasteiger partial charge on any atom is -0.355 e. The highest BCUT2D eigenvalue weighted by Crippen LogP contribution is 2.27. The van der Waals surface area contributed by atoms with E-state index in [1.54, 1.807) is 26.0 Å².